The first-order chi connectivity index (χ1) is 7.20. The molecule has 0 amide bonds. The zero-order valence-electron chi connectivity index (χ0n) is 9.34. The second-order valence-corrected chi connectivity index (χ2v) is 4.10. The molecule has 0 bridgehead atoms. The minimum atomic E-state index is 0.0401. The molecule has 0 aliphatic carbocycles. The first kappa shape index (κ1) is 10.4. The van der Waals surface area contributed by atoms with E-state index in [1.807, 2.05) is 6.92 Å². The lowest BCUT2D eigenvalue weighted by Gasteiger charge is -2.26. The van der Waals surface area contributed by atoms with E-state index in [2.05, 4.69) is 21.8 Å². The Hall–Kier alpha value is -1.16. The quantitative estimate of drug-likeness (QED) is 0.782. The van der Waals surface area contributed by atoms with Crippen LogP contribution in [0.1, 0.15) is 30.4 Å². The third-order valence-corrected chi connectivity index (χ3v) is 2.81. The summed E-state index contributed by atoms with van der Waals surface area (Å²) in [5.74, 6) is 0.725. The van der Waals surface area contributed by atoms with Crippen molar-refractivity contribution in [1.29, 1.82) is 0 Å². The average molecular weight is 207 g/mol. The lowest BCUT2D eigenvalue weighted by atomic mass is 10.1. The fourth-order valence-corrected chi connectivity index (χ4v) is 2.11. The minimum Gasteiger partial charge on any atom is -0.310 e. The van der Waals surface area contributed by atoms with Gasteiger partial charge < -0.3 is 4.98 Å². The van der Waals surface area contributed by atoms with Crippen molar-refractivity contribution < 1.29 is 0 Å². The summed E-state index contributed by atoms with van der Waals surface area (Å²) in [6.07, 6.45) is 2.03. The number of hydrogen-bond acceptors (Lipinski definition) is 3. The van der Waals surface area contributed by atoms with Crippen LogP contribution in [0.15, 0.2) is 4.79 Å². The molecular weight excluding hydrogens is 190 g/mol. The molecule has 0 saturated carbocycles. The molecule has 0 saturated heterocycles. The molecule has 82 valence electrons. The van der Waals surface area contributed by atoms with E-state index in [9.17, 15) is 4.79 Å². The molecule has 0 spiro atoms. The van der Waals surface area contributed by atoms with Gasteiger partial charge in [0.15, 0.2) is 0 Å². The van der Waals surface area contributed by atoms with Crippen molar-refractivity contribution in [3.63, 3.8) is 0 Å². The molecule has 2 heterocycles. The first-order valence-electron chi connectivity index (χ1n) is 5.51. The summed E-state index contributed by atoms with van der Waals surface area (Å²) in [7, 11) is 0. The van der Waals surface area contributed by atoms with Crippen LogP contribution in [0.5, 0.6) is 0 Å². The number of hydrogen-bond donors (Lipinski definition) is 1. The van der Waals surface area contributed by atoms with Crippen LogP contribution < -0.4 is 5.56 Å². The van der Waals surface area contributed by atoms with Gasteiger partial charge in [0.25, 0.3) is 5.56 Å². The molecule has 15 heavy (non-hydrogen) atoms. The number of nitrogens with one attached hydrogen (secondary N) is 1. The van der Waals surface area contributed by atoms with E-state index in [4.69, 9.17) is 0 Å². The van der Waals surface area contributed by atoms with Crippen molar-refractivity contribution in [1.82, 2.24) is 14.9 Å². The van der Waals surface area contributed by atoms with Gasteiger partial charge in [-0.2, -0.15) is 0 Å². The Balaban J connectivity index is 2.29. The summed E-state index contributed by atoms with van der Waals surface area (Å²) in [5.41, 5.74) is 1.89. The van der Waals surface area contributed by atoms with Gasteiger partial charge in [0.1, 0.15) is 5.82 Å². The van der Waals surface area contributed by atoms with Crippen molar-refractivity contribution in [2.75, 3.05) is 13.1 Å². The highest BCUT2D eigenvalue weighted by atomic mass is 16.1. The van der Waals surface area contributed by atoms with Gasteiger partial charge in [-0.05, 0) is 19.9 Å². The molecule has 1 aromatic heterocycles. The molecular formula is C11H17N3O. The molecule has 1 N–H and O–H groups in total. The number of H-pyrrole nitrogens is 1. The molecule has 1 aliphatic rings. The van der Waals surface area contributed by atoms with E-state index in [0.717, 1.165) is 49.6 Å². The van der Waals surface area contributed by atoms with Gasteiger partial charge in [-0.1, -0.05) is 6.92 Å². The number of aryl methyl sites for hydroxylation is 1. The largest absolute Gasteiger partial charge is 0.310 e. The first-order valence-corrected chi connectivity index (χ1v) is 5.51. The van der Waals surface area contributed by atoms with E-state index in [-0.39, 0.29) is 5.56 Å². The molecule has 2 rings (SSSR count). The standard InChI is InChI=1S/C11H17N3O/c1-3-5-14-6-4-10-9(7-14)11(15)13-8(2)12-10/h3-7H2,1-2H3,(H,12,13,15). The lowest BCUT2D eigenvalue weighted by Crippen LogP contribution is -2.36. The third kappa shape index (κ3) is 2.09. The Bertz CT molecular complexity index is 411. The van der Waals surface area contributed by atoms with Crippen LogP contribution in [0.25, 0.3) is 0 Å². The van der Waals surface area contributed by atoms with E-state index in [1.165, 1.54) is 0 Å². The molecule has 0 aromatic carbocycles. The fraction of sp³-hybridized carbons (Fsp3) is 0.636. The highest BCUT2D eigenvalue weighted by Crippen LogP contribution is 2.13. The van der Waals surface area contributed by atoms with Crippen LogP contribution in [0.3, 0.4) is 0 Å². The van der Waals surface area contributed by atoms with Crippen molar-refractivity contribution >= 4 is 0 Å². The van der Waals surface area contributed by atoms with Gasteiger partial charge in [-0.25, -0.2) is 4.98 Å². The maximum absolute atomic E-state index is 11.7. The smallest absolute Gasteiger partial charge is 0.255 e. The van der Waals surface area contributed by atoms with Crippen LogP contribution >= 0.6 is 0 Å². The van der Waals surface area contributed by atoms with E-state index >= 15 is 0 Å². The van der Waals surface area contributed by atoms with Crippen LogP contribution in [0, 0.1) is 6.92 Å². The second kappa shape index (κ2) is 4.14. The Morgan fingerprint density at radius 3 is 3.07 bits per heavy atom. The van der Waals surface area contributed by atoms with E-state index < -0.39 is 0 Å². The monoisotopic (exact) mass is 207 g/mol. The van der Waals surface area contributed by atoms with Gasteiger partial charge in [0.2, 0.25) is 0 Å². The summed E-state index contributed by atoms with van der Waals surface area (Å²) >= 11 is 0. The molecule has 1 aliphatic heterocycles. The molecule has 4 heteroatoms. The van der Waals surface area contributed by atoms with E-state index in [1.54, 1.807) is 0 Å². The highest BCUT2D eigenvalue weighted by molar-refractivity contribution is 5.20. The van der Waals surface area contributed by atoms with Gasteiger partial charge in [-0.3, -0.25) is 9.69 Å². The fourth-order valence-electron chi connectivity index (χ4n) is 2.11. The second-order valence-electron chi connectivity index (χ2n) is 4.10. The number of aromatic nitrogens is 2. The van der Waals surface area contributed by atoms with Crippen molar-refractivity contribution in [2.24, 2.45) is 0 Å². The summed E-state index contributed by atoms with van der Waals surface area (Å²) in [5, 5.41) is 0. The molecule has 0 fully saturated rings. The Labute approximate surface area is 89.3 Å². The molecule has 0 radical (unpaired) electrons. The Morgan fingerprint density at radius 1 is 1.53 bits per heavy atom. The van der Waals surface area contributed by atoms with Crippen LogP contribution in [0.4, 0.5) is 0 Å². The van der Waals surface area contributed by atoms with Gasteiger partial charge in [0.05, 0.1) is 11.3 Å². The minimum absolute atomic E-state index is 0.0401. The summed E-state index contributed by atoms with van der Waals surface area (Å²) < 4.78 is 0. The summed E-state index contributed by atoms with van der Waals surface area (Å²) in [4.78, 5) is 21.2. The Kier molecular flexibility index (Phi) is 2.86. The maximum atomic E-state index is 11.7. The predicted octanol–water partition coefficient (Wildman–Crippen LogP) is 0.846. The van der Waals surface area contributed by atoms with Gasteiger partial charge in [-0.15, -0.1) is 0 Å². The topological polar surface area (TPSA) is 49.0 Å². The maximum Gasteiger partial charge on any atom is 0.255 e. The number of fused-ring (bicyclic) bond motifs is 1. The molecule has 4 nitrogen and oxygen atoms in total. The zero-order valence-corrected chi connectivity index (χ0v) is 9.34. The third-order valence-electron chi connectivity index (χ3n) is 2.81. The van der Waals surface area contributed by atoms with Gasteiger partial charge >= 0.3 is 0 Å². The summed E-state index contributed by atoms with van der Waals surface area (Å²) in [6.45, 7) is 6.84. The number of nitrogens with zero attached hydrogens (tertiary/aromatic N) is 2. The van der Waals surface area contributed by atoms with Crippen LogP contribution in [-0.4, -0.2) is 28.0 Å². The summed E-state index contributed by atoms with van der Waals surface area (Å²) in [6, 6.07) is 0. The predicted molar refractivity (Wildman–Crippen MR) is 58.9 cm³/mol. The number of rotatable bonds is 2. The molecule has 1 aromatic rings. The molecule has 0 unspecified atom stereocenters. The SMILES string of the molecule is CCCN1CCc2nc(C)[nH]c(=O)c2C1. The van der Waals surface area contributed by atoms with Crippen molar-refractivity contribution in [3.05, 3.63) is 27.4 Å². The highest BCUT2D eigenvalue weighted by Gasteiger charge is 2.19. The van der Waals surface area contributed by atoms with E-state index in [0.29, 0.717) is 0 Å². The number of aromatic amines is 1. The molecule has 0 atom stereocenters. The zero-order chi connectivity index (χ0) is 10.8. The van der Waals surface area contributed by atoms with Crippen LogP contribution in [-0.2, 0) is 13.0 Å². The average Bonchev–Trinajstić information content (AvgIpc) is 2.19. The Morgan fingerprint density at radius 2 is 2.33 bits per heavy atom. The van der Waals surface area contributed by atoms with Gasteiger partial charge in [0, 0.05) is 19.5 Å². The lowest BCUT2D eigenvalue weighted by molar-refractivity contribution is 0.250. The normalized spacial score (nSPS) is 16.4. The van der Waals surface area contributed by atoms with Crippen molar-refractivity contribution in [2.45, 2.75) is 33.2 Å². The van der Waals surface area contributed by atoms with Crippen LogP contribution in [0.2, 0.25) is 0 Å². The van der Waals surface area contributed by atoms with Crippen molar-refractivity contribution in [3.8, 4) is 0 Å².